The van der Waals surface area contributed by atoms with Gasteiger partial charge in [0, 0.05) is 19.0 Å². The second-order valence-electron chi connectivity index (χ2n) is 8.49. The Kier molecular flexibility index (Phi) is 5.52. The van der Waals surface area contributed by atoms with Crippen LogP contribution >= 0.6 is 0 Å². The summed E-state index contributed by atoms with van der Waals surface area (Å²) in [5.41, 5.74) is 5.45. The Morgan fingerprint density at radius 2 is 1.61 bits per heavy atom. The summed E-state index contributed by atoms with van der Waals surface area (Å²) < 4.78 is 0. The van der Waals surface area contributed by atoms with Crippen molar-refractivity contribution < 1.29 is 9.59 Å². The topological polar surface area (TPSA) is 56.2 Å². The van der Waals surface area contributed by atoms with E-state index < -0.39 is 6.17 Å². The first kappa shape index (κ1) is 21.1. The molecule has 3 aromatic rings. The number of hydrogen-bond acceptors (Lipinski definition) is 4. The predicted molar refractivity (Wildman–Crippen MR) is 127 cm³/mol. The molecule has 0 N–H and O–H groups in total. The van der Waals surface area contributed by atoms with Crippen LogP contribution in [0.15, 0.2) is 84.0 Å². The minimum atomic E-state index is -0.483. The zero-order valence-electron chi connectivity index (χ0n) is 18.8. The van der Waals surface area contributed by atoms with Crippen LogP contribution in [-0.2, 0) is 11.2 Å². The van der Waals surface area contributed by atoms with Crippen LogP contribution in [-0.4, -0.2) is 45.6 Å². The number of hydrazine groups is 1. The van der Waals surface area contributed by atoms with Gasteiger partial charge in [0.05, 0.1) is 12.3 Å². The van der Waals surface area contributed by atoms with Crippen molar-refractivity contribution in [1.29, 1.82) is 0 Å². The molecule has 0 fully saturated rings. The van der Waals surface area contributed by atoms with Gasteiger partial charge in [-0.05, 0) is 42.2 Å². The molecule has 0 radical (unpaired) electrons. The maximum Gasteiger partial charge on any atom is 0.268 e. The van der Waals surface area contributed by atoms with Crippen LogP contribution in [0.5, 0.6) is 0 Å². The smallest absolute Gasteiger partial charge is 0.268 e. The number of hydrogen-bond donors (Lipinski definition) is 0. The van der Waals surface area contributed by atoms with Crippen molar-refractivity contribution in [1.82, 2.24) is 15.0 Å². The molecule has 0 unspecified atom stereocenters. The third kappa shape index (κ3) is 3.94. The van der Waals surface area contributed by atoms with Crippen molar-refractivity contribution in [2.45, 2.75) is 26.4 Å². The molecule has 33 heavy (non-hydrogen) atoms. The maximum absolute atomic E-state index is 13.8. The first-order valence-corrected chi connectivity index (χ1v) is 11.2. The van der Waals surface area contributed by atoms with Crippen LogP contribution in [0, 0.1) is 6.92 Å². The van der Waals surface area contributed by atoms with Crippen LogP contribution in [0.2, 0.25) is 0 Å². The molecule has 3 aromatic carbocycles. The fourth-order valence-corrected chi connectivity index (χ4v) is 4.55. The van der Waals surface area contributed by atoms with Gasteiger partial charge in [0.25, 0.3) is 5.91 Å². The second-order valence-corrected chi connectivity index (χ2v) is 8.49. The van der Waals surface area contributed by atoms with E-state index in [2.05, 4.69) is 6.07 Å². The third-order valence-electron chi connectivity index (χ3n) is 6.26. The number of rotatable bonds is 2. The summed E-state index contributed by atoms with van der Waals surface area (Å²) in [6, 6.07) is 25.5. The molecule has 2 heterocycles. The van der Waals surface area contributed by atoms with Gasteiger partial charge in [-0.1, -0.05) is 72.3 Å². The highest BCUT2D eigenvalue weighted by molar-refractivity contribution is 6.05. The van der Waals surface area contributed by atoms with Crippen LogP contribution < -0.4 is 0 Å². The molecule has 0 spiro atoms. The summed E-state index contributed by atoms with van der Waals surface area (Å²) in [5.74, 6) is -0.270. The van der Waals surface area contributed by atoms with Gasteiger partial charge in [-0.2, -0.15) is 10.1 Å². The van der Waals surface area contributed by atoms with Gasteiger partial charge in [-0.25, -0.2) is 5.01 Å². The molecular weight excluding hydrogens is 412 g/mol. The van der Waals surface area contributed by atoms with E-state index in [1.165, 1.54) is 17.5 Å². The molecule has 166 valence electrons. The van der Waals surface area contributed by atoms with Crippen molar-refractivity contribution >= 4 is 17.5 Å². The zero-order chi connectivity index (χ0) is 22.9. The van der Waals surface area contributed by atoms with Crippen molar-refractivity contribution in [3.8, 4) is 0 Å². The van der Waals surface area contributed by atoms with Crippen molar-refractivity contribution in [2.75, 3.05) is 13.1 Å². The monoisotopic (exact) mass is 438 g/mol. The Hall–Kier alpha value is -3.77. The molecule has 0 aromatic heterocycles. The van der Waals surface area contributed by atoms with Crippen LogP contribution in [0.3, 0.4) is 0 Å². The van der Waals surface area contributed by atoms with Gasteiger partial charge >= 0.3 is 0 Å². The van der Waals surface area contributed by atoms with E-state index in [4.69, 9.17) is 5.10 Å². The zero-order valence-corrected chi connectivity index (χ0v) is 18.8. The largest absolute Gasteiger partial charge is 0.273 e. The molecule has 2 aliphatic rings. The van der Waals surface area contributed by atoms with E-state index in [-0.39, 0.29) is 18.4 Å². The minimum Gasteiger partial charge on any atom is -0.273 e. The lowest BCUT2D eigenvalue weighted by molar-refractivity contribution is -0.144. The number of nitrogens with zero attached hydrogens (tertiary/aromatic N) is 4. The van der Waals surface area contributed by atoms with Gasteiger partial charge in [0.15, 0.2) is 6.17 Å². The number of fused-ring (bicyclic) bond motifs is 3. The molecule has 0 aliphatic carbocycles. The Balaban J connectivity index is 1.66. The fourth-order valence-electron chi connectivity index (χ4n) is 4.55. The Bertz CT molecular complexity index is 1220. The number of hydrazone groups is 1. The summed E-state index contributed by atoms with van der Waals surface area (Å²) in [6.07, 6.45) is 0.305. The van der Waals surface area contributed by atoms with Crippen molar-refractivity contribution in [2.24, 2.45) is 5.10 Å². The Morgan fingerprint density at radius 3 is 2.33 bits per heavy atom. The highest BCUT2D eigenvalue weighted by atomic mass is 16.2. The van der Waals surface area contributed by atoms with E-state index in [1.54, 1.807) is 5.01 Å². The lowest BCUT2D eigenvalue weighted by Gasteiger charge is -2.44. The molecule has 0 bridgehead atoms. The van der Waals surface area contributed by atoms with Gasteiger partial charge in [0.2, 0.25) is 5.91 Å². The molecule has 6 heteroatoms. The Morgan fingerprint density at radius 1 is 0.909 bits per heavy atom. The van der Waals surface area contributed by atoms with E-state index >= 15 is 0 Å². The van der Waals surface area contributed by atoms with E-state index in [1.807, 2.05) is 84.7 Å². The minimum absolute atomic E-state index is 0.103. The Labute approximate surface area is 193 Å². The van der Waals surface area contributed by atoms with E-state index in [0.29, 0.717) is 17.8 Å². The maximum atomic E-state index is 13.8. The average molecular weight is 439 g/mol. The molecule has 5 rings (SSSR count). The van der Waals surface area contributed by atoms with Gasteiger partial charge in [-0.3, -0.25) is 14.6 Å². The predicted octanol–water partition coefficient (Wildman–Crippen LogP) is 4.18. The quantitative estimate of drug-likeness (QED) is 0.603. The van der Waals surface area contributed by atoms with E-state index in [9.17, 15) is 9.59 Å². The van der Waals surface area contributed by atoms with Crippen molar-refractivity contribution in [3.63, 3.8) is 0 Å². The molecular formula is C27H26N4O2. The number of carbonyl (C=O) groups excluding carboxylic acids is 2. The lowest BCUT2D eigenvalue weighted by atomic mass is 9.97. The van der Waals surface area contributed by atoms with Gasteiger partial charge < -0.3 is 0 Å². The summed E-state index contributed by atoms with van der Waals surface area (Å²) in [6.45, 7) is 4.42. The molecule has 0 saturated heterocycles. The SMILES string of the molecule is CC(=O)N1N=C(c2ccccc2)CN(C(=O)c2ccc(C)cc2)N2CCc3ccccc3[C@H]12. The third-order valence-corrected chi connectivity index (χ3v) is 6.26. The lowest BCUT2D eigenvalue weighted by Crippen LogP contribution is -2.54. The summed E-state index contributed by atoms with van der Waals surface area (Å²) >= 11 is 0. The van der Waals surface area contributed by atoms with Crippen LogP contribution in [0.25, 0.3) is 0 Å². The number of benzene rings is 3. The first-order chi connectivity index (χ1) is 16.0. The summed E-state index contributed by atoms with van der Waals surface area (Å²) in [7, 11) is 0. The highest BCUT2D eigenvalue weighted by Crippen LogP contribution is 2.36. The van der Waals surface area contributed by atoms with Crippen molar-refractivity contribution in [3.05, 3.63) is 107 Å². The van der Waals surface area contributed by atoms with Crippen LogP contribution in [0.4, 0.5) is 0 Å². The molecule has 0 saturated carbocycles. The summed E-state index contributed by atoms with van der Waals surface area (Å²) in [4.78, 5) is 26.7. The number of carbonyl (C=O) groups is 2. The highest BCUT2D eigenvalue weighted by Gasteiger charge is 2.41. The molecule has 2 aliphatic heterocycles. The normalized spacial score (nSPS) is 18.1. The van der Waals surface area contributed by atoms with Gasteiger partial charge in [0.1, 0.15) is 0 Å². The molecule has 6 nitrogen and oxygen atoms in total. The summed E-state index contributed by atoms with van der Waals surface area (Å²) in [5, 5.41) is 10.1. The number of aryl methyl sites for hydroxylation is 1. The van der Waals surface area contributed by atoms with E-state index in [0.717, 1.165) is 23.1 Å². The average Bonchev–Trinajstić information content (AvgIpc) is 3.02. The standard InChI is InChI=1S/C27H26N4O2/c1-19-12-14-23(15-13-19)27(33)30-18-25(22-9-4-3-5-10-22)28-31(20(2)32)26-24-11-7-6-8-21(24)16-17-29(26)30/h3-15,26H,16-18H2,1-2H3/t26-/m0/s1. The second kappa shape index (κ2) is 8.64. The fraction of sp³-hybridized carbons (Fsp3) is 0.222. The molecule has 1 atom stereocenters. The number of amides is 2. The molecule has 2 amide bonds. The first-order valence-electron chi connectivity index (χ1n) is 11.2. The van der Waals surface area contributed by atoms with Gasteiger partial charge in [-0.15, -0.1) is 0 Å². The van der Waals surface area contributed by atoms with Crippen LogP contribution in [0.1, 0.15) is 45.7 Å².